The molecule has 4 nitrogen and oxygen atoms in total. The molecule has 0 saturated heterocycles. The minimum Gasteiger partial charge on any atom is -0.395 e. The summed E-state index contributed by atoms with van der Waals surface area (Å²) in [6, 6.07) is 0. The molecule has 0 bridgehead atoms. The van der Waals surface area contributed by atoms with E-state index in [0.29, 0.717) is 32.1 Å². The normalized spacial score (nSPS) is 10.5. The van der Waals surface area contributed by atoms with Crippen LogP contribution in [0, 0.1) is 5.92 Å². The van der Waals surface area contributed by atoms with Crippen LogP contribution in [0.5, 0.6) is 0 Å². The molecule has 2 N–H and O–H groups in total. The number of carbonyl (C=O) groups is 1. The van der Waals surface area contributed by atoms with E-state index in [0.717, 1.165) is 0 Å². The lowest BCUT2D eigenvalue weighted by atomic mass is 10.2. The van der Waals surface area contributed by atoms with E-state index in [1.807, 2.05) is 0 Å². The van der Waals surface area contributed by atoms with Gasteiger partial charge in [-0.3, -0.25) is 4.79 Å². The van der Waals surface area contributed by atoms with Gasteiger partial charge in [0.2, 0.25) is 5.91 Å². The molecule has 4 heteroatoms. The number of amides is 1. The molecule has 0 unspecified atom stereocenters. The maximum absolute atomic E-state index is 10.9. The molecule has 0 aromatic rings. The van der Waals surface area contributed by atoms with E-state index in [4.69, 9.17) is 9.84 Å². The Morgan fingerprint density at radius 3 is 2.77 bits per heavy atom. The first-order valence-corrected chi connectivity index (χ1v) is 4.62. The Morgan fingerprint density at radius 2 is 2.23 bits per heavy atom. The standard InChI is InChI=1S/C9H19NO3/c1-8(2)7-13-6-3-9(12)10-4-5-11/h8,11H,3-7H2,1-2H3,(H,10,12). The lowest BCUT2D eigenvalue weighted by Gasteiger charge is -2.06. The molecular weight excluding hydrogens is 170 g/mol. The summed E-state index contributed by atoms with van der Waals surface area (Å²) in [5, 5.41) is 11.0. The van der Waals surface area contributed by atoms with Crippen molar-refractivity contribution in [2.75, 3.05) is 26.4 Å². The van der Waals surface area contributed by atoms with Crippen LogP contribution < -0.4 is 5.32 Å². The summed E-state index contributed by atoms with van der Waals surface area (Å²) in [6.45, 7) is 5.57. The van der Waals surface area contributed by atoms with Crippen LogP contribution >= 0.6 is 0 Å². The van der Waals surface area contributed by atoms with Crippen LogP contribution in [0.2, 0.25) is 0 Å². The summed E-state index contributed by atoms with van der Waals surface area (Å²) in [7, 11) is 0. The second kappa shape index (κ2) is 8.01. The summed E-state index contributed by atoms with van der Waals surface area (Å²) < 4.78 is 5.22. The Hall–Kier alpha value is -0.610. The topological polar surface area (TPSA) is 58.6 Å². The van der Waals surface area contributed by atoms with E-state index >= 15 is 0 Å². The predicted molar refractivity (Wildman–Crippen MR) is 50.4 cm³/mol. The van der Waals surface area contributed by atoms with Crippen LogP contribution in [0.1, 0.15) is 20.3 Å². The van der Waals surface area contributed by atoms with Crippen molar-refractivity contribution < 1.29 is 14.6 Å². The highest BCUT2D eigenvalue weighted by atomic mass is 16.5. The van der Waals surface area contributed by atoms with Crippen molar-refractivity contribution in [3.63, 3.8) is 0 Å². The largest absolute Gasteiger partial charge is 0.395 e. The van der Waals surface area contributed by atoms with Crippen molar-refractivity contribution >= 4 is 5.91 Å². The summed E-state index contributed by atoms with van der Waals surface area (Å²) >= 11 is 0. The fourth-order valence-corrected chi connectivity index (χ4v) is 0.768. The predicted octanol–water partition coefficient (Wildman–Crippen LogP) is 0.158. The zero-order chi connectivity index (χ0) is 10.1. The van der Waals surface area contributed by atoms with Crippen molar-refractivity contribution in [1.29, 1.82) is 0 Å². The molecule has 0 aromatic heterocycles. The molecule has 1 amide bonds. The Labute approximate surface area is 79.3 Å². The first-order chi connectivity index (χ1) is 6.16. The lowest BCUT2D eigenvalue weighted by molar-refractivity contribution is -0.122. The third kappa shape index (κ3) is 9.30. The van der Waals surface area contributed by atoms with Crippen molar-refractivity contribution in [3.8, 4) is 0 Å². The smallest absolute Gasteiger partial charge is 0.222 e. The molecule has 0 heterocycles. The van der Waals surface area contributed by atoms with Gasteiger partial charge in [-0.15, -0.1) is 0 Å². The quantitative estimate of drug-likeness (QED) is 0.561. The summed E-state index contributed by atoms with van der Waals surface area (Å²) in [5.41, 5.74) is 0. The summed E-state index contributed by atoms with van der Waals surface area (Å²) in [4.78, 5) is 10.9. The van der Waals surface area contributed by atoms with Gasteiger partial charge in [0.1, 0.15) is 0 Å². The first kappa shape index (κ1) is 12.4. The fourth-order valence-electron chi connectivity index (χ4n) is 0.768. The van der Waals surface area contributed by atoms with Gasteiger partial charge in [0.25, 0.3) is 0 Å². The Morgan fingerprint density at radius 1 is 1.54 bits per heavy atom. The monoisotopic (exact) mass is 189 g/mol. The number of aliphatic hydroxyl groups excluding tert-OH is 1. The number of aliphatic hydroxyl groups is 1. The van der Waals surface area contributed by atoms with Gasteiger partial charge < -0.3 is 15.2 Å². The average Bonchev–Trinajstić information content (AvgIpc) is 2.08. The fraction of sp³-hybridized carbons (Fsp3) is 0.889. The number of hydrogen-bond donors (Lipinski definition) is 2. The molecule has 0 saturated carbocycles. The zero-order valence-corrected chi connectivity index (χ0v) is 8.38. The Kier molecular flexibility index (Phi) is 7.63. The number of carbonyl (C=O) groups excluding carboxylic acids is 1. The molecular formula is C9H19NO3. The minimum atomic E-state index is -0.0715. The molecule has 0 radical (unpaired) electrons. The number of hydrogen-bond acceptors (Lipinski definition) is 3. The molecule has 0 aliphatic carbocycles. The first-order valence-electron chi connectivity index (χ1n) is 4.62. The molecule has 0 fully saturated rings. The van der Waals surface area contributed by atoms with E-state index in [1.54, 1.807) is 0 Å². The van der Waals surface area contributed by atoms with E-state index < -0.39 is 0 Å². The Bertz CT molecular complexity index is 137. The third-order valence-corrected chi connectivity index (χ3v) is 1.36. The highest BCUT2D eigenvalue weighted by Crippen LogP contribution is 1.93. The van der Waals surface area contributed by atoms with Crippen molar-refractivity contribution in [1.82, 2.24) is 5.32 Å². The molecule has 0 atom stereocenters. The molecule has 0 aliphatic heterocycles. The lowest BCUT2D eigenvalue weighted by Crippen LogP contribution is -2.27. The second-order valence-electron chi connectivity index (χ2n) is 3.29. The molecule has 0 aromatic carbocycles. The molecule has 0 rings (SSSR count). The summed E-state index contributed by atoms with van der Waals surface area (Å²) in [5.74, 6) is 0.429. The van der Waals surface area contributed by atoms with E-state index in [-0.39, 0.29) is 12.5 Å². The van der Waals surface area contributed by atoms with Crippen LogP contribution in [0.15, 0.2) is 0 Å². The van der Waals surface area contributed by atoms with Crippen molar-refractivity contribution in [2.24, 2.45) is 5.92 Å². The second-order valence-corrected chi connectivity index (χ2v) is 3.29. The highest BCUT2D eigenvalue weighted by molar-refractivity contribution is 5.75. The summed E-state index contributed by atoms with van der Waals surface area (Å²) in [6.07, 6.45) is 0.368. The third-order valence-electron chi connectivity index (χ3n) is 1.36. The van der Waals surface area contributed by atoms with Gasteiger partial charge in [-0.25, -0.2) is 0 Å². The average molecular weight is 189 g/mol. The zero-order valence-electron chi connectivity index (χ0n) is 8.38. The van der Waals surface area contributed by atoms with Gasteiger partial charge in [0.05, 0.1) is 13.2 Å². The van der Waals surface area contributed by atoms with Gasteiger partial charge in [0, 0.05) is 19.6 Å². The Balaban J connectivity index is 3.17. The molecule has 0 spiro atoms. The van der Waals surface area contributed by atoms with E-state index in [1.165, 1.54) is 0 Å². The maximum atomic E-state index is 10.9. The van der Waals surface area contributed by atoms with Gasteiger partial charge in [-0.1, -0.05) is 13.8 Å². The number of rotatable bonds is 7. The highest BCUT2D eigenvalue weighted by Gasteiger charge is 2.00. The number of ether oxygens (including phenoxy) is 1. The van der Waals surface area contributed by atoms with Gasteiger partial charge >= 0.3 is 0 Å². The minimum absolute atomic E-state index is 0.0153. The van der Waals surface area contributed by atoms with Crippen LogP contribution in [0.4, 0.5) is 0 Å². The molecule has 0 aliphatic rings. The van der Waals surface area contributed by atoms with Crippen molar-refractivity contribution in [2.45, 2.75) is 20.3 Å². The van der Waals surface area contributed by atoms with E-state index in [9.17, 15) is 4.79 Å². The van der Waals surface area contributed by atoms with Gasteiger partial charge in [-0.2, -0.15) is 0 Å². The number of nitrogens with one attached hydrogen (secondary N) is 1. The molecule has 13 heavy (non-hydrogen) atoms. The van der Waals surface area contributed by atoms with Gasteiger partial charge in [-0.05, 0) is 5.92 Å². The van der Waals surface area contributed by atoms with E-state index in [2.05, 4.69) is 19.2 Å². The maximum Gasteiger partial charge on any atom is 0.222 e. The van der Waals surface area contributed by atoms with Crippen LogP contribution in [0.3, 0.4) is 0 Å². The van der Waals surface area contributed by atoms with Crippen LogP contribution in [0.25, 0.3) is 0 Å². The SMILES string of the molecule is CC(C)COCCC(=O)NCCO. The van der Waals surface area contributed by atoms with Crippen molar-refractivity contribution in [3.05, 3.63) is 0 Å². The van der Waals surface area contributed by atoms with Gasteiger partial charge in [0.15, 0.2) is 0 Å². The van der Waals surface area contributed by atoms with Crippen LogP contribution in [-0.4, -0.2) is 37.4 Å². The van der Waals surface area contributed by atoms with Crippen LogP contribution in [-0.2, 0) is 9.53 Å². The molecule has 78 valence electrons.